The molecule has 0 radical (unpaired) electrons. The van der Waals surface area contributed by atoms with Crippen LogP contribution in [0.2, 0.25) is 0 Å². The molecule has 3 heteroatoms. The Morgan fingerprint density at radius 3 is 2.69 bits per heavy atom. The summed E-state index contributed by atoms with van der Waals surface area (Å²) in [6, 6.07) is 0.416. The molecule has 2 unspecified atom stereocenters. The van der Waals surface area contributed by atoms with Crippen molar-refractivity contribution in [2.45, 2.75) is 104 Å². The topological polar surface area (TPSA) is 38.3 Å². The van der Waals surface area contributed by atoms with E-state index in [1.807, 2.05) is 0 Å². The number of carbonyl (C=O) groups is 1. The first-order chi connectivity index (χ1) is 12.5. The quantitative estimate of drug-likeness (QED) is 0.693. The Morgan fingerprint density at radius 1 is 1.08 bits per heavy atom. The molecule has 1 aliphatic heterocycles. The van der Waals surface area contributed by atoms with Gasteiger partial charge in [0.05, 0.1) is 6.10 Å². The van der Waals surface area contributed by atoms with Gasteiger partial charge < -0.3 is 10.1 Å². The molecule has 4 rings (SSSR count). The van der Waals surface area contributed by atoms with Gasteiger partial charge in [-0.3, -0.25) is 4.79 Å². The lowest BCUT2D eigenvalue weighted by Crippen LogP contribution is -2.61. The van der Waals surface area contributed by atoms with Gasteiger partial charge in [0.15, 0.2) is 0 Å². The summed E-state index contributed by atoms with van der Waals surface area (Å²) in [5.41, 5.74) is 0.811. The molecule has 1 saturated heterocycles. The van der Waals surface area contributed by atoms with E-state index in [0.717, 1.165) is 37.2 Å². The largest absolute Gasteiger partial charge is 0.378 e. The third-order valence-electron chi connectivity index (χ3n) is 8.95. The molecule has 0 spiro atoms. The second-order valence-corrected chi connectivity index (χ2v) is 10.3. The van der Waals surface area contributed by atoms with Gasteiger partial charge in [0.25, 0.3) is 0 Å². The molecule has 4 fully saturated rings. The molecule has 4 aliphatic rings. The Kier molecular flexibility index (Phi) is 5.14. The summed E-state index contributed by atoms with van der Waals surface area (Å²) in [5, 5.41) is 3.35. The minimum absolute atomic E-state index is 0.282. The highest BCUT2D eigenvalue weighted by molar-refractivity contribution is 5.77. The minimum Gasteiger partial charge on any atom is -0.378 e. The van der Waals surface area contributed by atoms with E-state index in [2.05, 4.69) is 26.1 Å². The van der Waals surface area contributed by atoms with Gasteiger partial charge in [-0.05, 0) is 80.0 Å². The number of unbranched alkanes of at least 4 members (excludes halogenated alkanes) is 2. The van der Waals surface area contributed by atoms with Gasteiger partial charge in [-0.1, -0.05) is 33.6 Å². The Balaban J connectivity index is 1.51. The zero-order chi connectivity index (χ0) is 18.4. The van der Waals surface area contributed by atoms with Crippen LogP contribution in [0.4, 0.5) is 0 Å². The van der Waals surface area contributed by atoms with Gasteiger partial charge in [-0.15, -0.1) is 0 Å². The van der Waals surface area contributed by atoms with Crippen LogP contribution in [0.15, 0.2) is 0 Å². The molecule has 1 amide bonds. The molecule has 0 bridgehead atoms. The van der Waals surface area contributed by atoms with Crippen molar-refractivity contribution in [2.75, 3.05) is 6.61 Å². The maximum Gasteiger partial charge on any atom is 0.220 e. The molecule has 148 valence electrons. The molecular formula is C23H39NO2. The monoisotopic (exact) mass is 361 g/mol. The number of piperidine rings is 1. The zero-order valence-corrected chi connectivity index (χ0v) is 17.2. The third kappa shape index (κ3) is 3.02. The third-order valence-corrected chi connectivity index (χ3v) is 8.95. The van der Waals surface area contributed by atoms with Gasteiger partial charge in [-0.25, -0.2) is 0 Å². The van der Waals surface area contributed by atoms with Crippen molar-refractivity contribution < 1.29 is 9.53 Å². The number of nitrogens with one attached hydrogen (secondary N) is 1. The van der Waals surface area contributed by atoms with E-state index in [0.29, 0.717) is 23.0 Å². The first-order valence-corrected chi connectivity index (χ1v) is 11.4. The summed E-state index contributed by atoms with van der Waals surface area (Å²) in [7, 11) is 0. The highest BCUT2D eigenvalue weighted by Crippen LogP contribution is 2.64. The molecule has 26 heavy (non-hydrogen) atoms. The number of ether oxygens (including phenoxy) is 1. The summed E-state index contributed by atoms with van der Waals surface area (Å²) in [6.07, 6.45) is 13.9. The average Bonchev–Trinajstić information content (AvgIpc) is 2.96. The molecular weight excluding hydrogens is 322 g/mol. The van der Waals surface area contributed by atoms with Crippen molar-refractivity contribution in [2.24, 2.45) is 28.6 Å². The smallest absolute Gasteiger partial charge is 0.220 e. The SMILES string of the molecule is CCCCCOC1CC[C@@]2(C)CC[C@@H]3[C@@H](CCC4NC(=O)CC[C@@]43C)[C@H]12. The first-order valence-electron chi connectivity index (χ1n) is 11.4. The van der Waals surface area contributed by atoms with Gasteiger partial charge in [-0.2, -0.15) is 0 Å². The Hall–Kier alpha value is -0.570. The van der Waals surface area contributed by atoms with E-state index in [-0.39, 0.29) is 5.91 Å². The van der Waals surface area contributed by atoms with E-state index in [4.69, 9.17) is 4.74 Å². The number of hydrogen-bond acceptors (Lipinski definition) is 2. The molecule has 3 aliphatic carbocycles. The molecule has 0 aromatic heterocycles. The average molecular weight is 362 g/mol. The van der Waals surface area contributed by atoms with Crippen LogP contribution >= 0.6 is 0 Å². The van der Waals surface area contributed by atoms with Crippen molar-refractivity contribution in [1.82, 2.24) is 5.32 Å². The van der Waals surface area contributed by atoms with Gasteiger partial charge >= 0.3 is 0 Å². The molecule has 0 aromatic carbocycles. The number of rotatable bonds is 5. The fourth-order valence-corrected chi connectivity index (χ4v) is 7.47. The van der Waals surface area contributed by atoms with Crippen LogP contribution in [0.5, 0.6) is 0 Å². The number of hydrogen-bond donors (Lipinski definition) is 1. The molecule has 1 heterocycles. The summed E-state index contributed by atoms with van der Waals surface area (Å²) in [4.78, 5) is 11.9. The predicted molar refractivity (Wildman–Crippen MR) is 105 cm³/mol. The normalized spacial score (nSPS) is 47.7. The van der Waals surface area contributed by atoms with Crippen molar-refractivity contribution in [1.29, 1.82) is 0 Å². The second-order valence-electron chi connectivity index (χ2n) is 10.3. The van der Waals surface area contributed by atoms with Crippen molar-refractivity contribution in [3.05, 3.63) is 0 Å². The summed E-state index contributed by atoms with van der Waals surface area (Å²) < 4.78 is 6.50. The maximum absolute atomic E-state index is 11.9. The van der Waals surface area contributed by atoms with E-state index in [1.54, 1.807) is 0 Å². The molecule has 3 saturated carbocycles. The lowest BCUT2D eigenvalue weighted by Gasteiger charge is -2.60. The van der Waals surface area contributed by atoms with Crippen LogP contribution in [0.1, 0.15) is 91.4 Å². The van der Waals surface area contributed by atoms with Gasteiger partial charge in [0.2, 0.25) is 5.91 Å². The Morgan fingerprint density at radius 2 is 1.88 bits per heavy atom. The fourth-order valence-electron chi connectivity index (χ4n) is 7.47. The van der Waals surface area contributed by atoms with Crippen molar-refractivity contribution >= 4 is 5.91 Å². The van der Waals surface area contributed by atoms with Gasteiger partial charge in [0, 0.05) is 19.1 Å². The van der Waals surface area contributed by atoms with E-state index >= 15 is 0 Å². The van der Waals surface area contributed by atoms with Crippen molar-refractivity contribution in [3.8, 4) is 0 Å². The first kappa shape index (κ1) is 18.8. The molecule has 7 atom stereocenters. The van der Waals surface area contributed by atoms with Crippen LogP contribution < -0.4 is 5.32 Å². The van der Waals surface area contributed by atoms with Gasteiger partial charge in [0.1, 0.15) is 0 Å². The predicted octanol–water partition coefficient (Wildman–Crippen LogP) is 5.08. The van der Waals surface area contributed by atoms with Crippen LogP contribution in [0, 0.1) is 28.6 Å². The second kappa shape index (κ2) is 7.11. The van der Waals surface area contributed by atoms with E-state index < -0.39 is 0 Å². The number of amides is 1. The number of carbonyl (C=O) groups excluding carboxylic acids is 1. The Labute approximate surface area is 160 Å². The lowest BCUT2D eigenvalue weighted by atomic mass is 9.47. The summed E-state index contributed by atoms with van der Waals surface area (Å²) in [5.74, 6) is 2.62. The number of fused-ring (bicyclic) bond motifs is 5. The minimum atomic E-state index is 0.282. The van der Waals surface area contributed by atoms with Crippen LogP contribution in [0.3, 0.4) is 0 Å². The van der Waals surface area contributed by atoms with E-state index in [1.165, 1.54) is 57.8 Å². The summed E-state index contributed by atoms with van der Waals surface area (Å²) >= 11 is 0. The fraction of sp³-hybridized carbons (Fsp3) is 0.957. The zero-order valence-electron chi connectivity index (χ0n) is 17.2. The van der Waals surface area contributed by atoms with E-state index in [9.17, 15) is 4.79 Å². The van der Waals surface area contributed by atoms with Crippen LogP contribution in [0.25, 0.3) is 0 Å². The molecule has 0 aromatic rings. The van der Waals surface area contributed by atoms with Crippen LogP contribution in [-0.2, 0) is 9.53 Å². The maximum atomic E-state index is 11.9. The highest BCUT2D eigenvalue weighted by atomic mass is 16.5. The Bertz CT molecular complexity index is 534. The summed E-state index contributed by atoms with van der Waals surface area (Å²) in [6.45, 7) is 8.27. The molecule has 3 nitrogen and oxygen atoms in total. The molecule has 1 N–H and O–H groups in total. The van der Waals surface area contributed by atoms with Crippen molar-refractivity contribution in [3.63, 3.8) is 0 Å². The van der Waals surface area contributed by atoms with Crippen LogP contribution in [-0.4, -0.2) is 24.7 Å². The highest BCUT2D eigenvalue weighted by Gasteiger charge is 2.60. The standard InChI is InChI=1S/C23H39NO2/c1-4-5-6-15-26-18-10-13-22(2)12-9-17-16(21(18)22)7-8-19-23(17,3)14-11-20(25)24-19/h16-19,21H,4-15H2,1-3H3,(H,24,25)/t16-,17-,18?,19?,21-,22-,23-/m1/s1. The lowest BCUT2D eigenvalue weighted by molar-refractivity contribution is -0.142.